The number of H-pyrrole nitrogens is 1. The molecule has 0 spiro atoms. The van der Waals surface area contributed by atoms with Gasteiger partial charge in [0.2, 0.25) is 0 Å². The molecule has 0 aliphatic carbocycles. The maximum Gasteiger partial charge on any atom is 0.265 e. The maximum atomic E-state index is 11.6. The van der Waals surface area contributed by atoms with Crippen LogP contribution in [0.15, 0.2) is 33.2 Å². The number of hydrazine groups is 1. The minimum absolute atomic E-state index is 0.0669. The average Bonchev–Trinajstić information content (AvgIpc) is 2.90. The zero-order valence-electron chi connectivity index (χ0n) is 10.2. The number of hydrogen-bond donors (Lipinski definition) is 3. The van der Waals surface area contributed by atoms with Crippen molar-refractivity contribution in [3.05, 3.63) is 50.1 Å². The summed E-state index contributed by atoms with van der Waals surface area (Å²) in [6.07, 6.45) is 0. The van der Waals surface area contributed by atoms with E-state index in [-0.39, 0.29) is 17.7 Å². The fourth-order valence-corrected chi connectivity index (χ4v) is 2.58. The van der Waals surface area contributed by atoms with E-state index in [0.717, 1.165) is 14.9 Å². The van der Waals surface area contributed by atoms with Gasteiger partial charge in [0.05, 0.1) is 5.39 Å². The van der Waals surface area contributed by atoms with Gasteiger partial charge in [0, 0.05) is 12.1 Å². The molecule has 0 aromatic carbocycles. The molecule has 3 aromatic heterocycles. The van der Waals surface area contributed by atoms with Gasteiger partial charge in [0.1, 0.15) is 11.4 Å². The first-order valence-electron chi connectivity index (χ1n) is 5.68. The van der Waals surface area contributed by atoms with Gasteiger partial charge in [-0.3, -0.25) is 14.7 Å². The normalized spacial score (nSPS) is 10.8. The summed E-state index contributed by atoms with van der Waals surface area (Å²) in [6, 6.07) is 4.23. The molecule has 8 nitrogen and oxygen atoms in total. The molecule has 102 valence electrons. The molecule has 0 radical (unpaired) electrons. The van der Waals surface area contributed by atoms with E-state index in [1.807, 2.05) is 11.4 Å². The highest BCUT2D eigenvalue weighted by atomic mass is 32.1. The van der Waals surface area contributed by atoms with E-state index < -0.39 is 0 Å². The first kappa shape index (κ1) is 12.5. The number of fused-ring (bicyclic) bond motifs is 1. The highest BCUT2D eigenvalue weighted by Gasteiger charge is 2.09. The monoisotopic (exact) mass is 290 g/mol. The van der Waals surface area contributed by atoms with E-state index in [9.17, 15) is 9.59 Å². The molecule has 0 atom stereocenters. The van der Waals surface area contributed by atoms with Crippen molar-refractivity contribution in [2.24, 2.45) is 5.84 Å². The fourth-order valence-electron chi connectivity index (χ4n) is 1.80. The van der Waals surface area contributed by atoms with Gasteiger partial charge in [-0.1, -0.05) is 0 Å². The van der Waals surface area contributed by atoms with Crippen LogP contribution in [0.4, 0.5) is 5.82 Å². The van der Waals surface area contributed by atoms with Crippen LogP contribution in [0, 0.1) is 0 Å². The van der Waals surface area contributed by atoms with Crippen LogP contribution in [0.5, 0.6) is 0 Å². The third-order valence-electron chi connectivity index (χ3n) is 2.70. The van der Waals surface area contributed by atoms with Crippen molar-refractivity contribution in [3.63, 3.8) is 0 Å². The van der Waals surface area contributed by atoms with Crippen molar-refractivity contribution in [1.29, 1.82) is 0 Å². The molecule has 3 aromatic rings. The summed E-state index contributed by atoms with van der Waals surface area (Å²) in [5, 5.41) is 5.11. The second-order valence-electron chi connectivity index (χ2n) is 4.01. The van der Waals surface area contributed by atoms with Crippen LogP contribution >= 0.6 is 11.3 Å². The molecule has 0 aliphatic rings. The predicted octanol–water partition coefficient (Wildman–Crippen LogP) is -0.125. The molecule has 0 amide bonds. The Hall–Kier alpha value is -2.52. The van der Waals surface area contributed by atoms with E-state index in [1.165, 1.54) is 23.5 Å². The molecule has 0 saturated heterocycles. The summed E-state index contributed by atoms with van der Waals surface area (Å²) in [5.74, 6) is 6.30. The Morgan fingerprint density at radius 1 is 1.30 bits per heavy atom. The first-order valence-corrected chi connectivity index (χ1v) is 6.56. The third kappa shape index (κ3) is 2.19. The fraction of sp³-hybridized carbons (Fsp3) is 0.0909. The highest BCUT2D eigenvalue weighted by Crippen LogP contribution is 2.24. The van der Waals surface area contributed by atoms with Crippen molar-refractivity contribution in [2.75, 3.05) is 5.43 Å². The molecule has 0 bridgehead atoms. The lowest BCUT2D eigenvalue weighted by Gasteiger charge is -2.06. The second kappa shape index (κ2) is 4.87. The number of anilines is 1. The molecule has 20 heavy (non-hydrogen) atoms. The number of hydrogen-bond acceptors (Lipinski definition) is 7. The molecule has 0 fully saturated rings. The van der Waals surface area contributed by atoms with Crippen LogP contribution in [0.1, 0.15) is 5.82 Å². The average molecular weight is 290 g/mol. The SMILES string of the molecule is NNc1nc(Cn2[nH]c(=O)ccc2=O)nc2sccc12. The van der Waals surface area contributed by atoms with Crippen LogP contribution < -0.4 is 22.4 Å². The number of nitrogens with one attached hydrogen (secondary N) is 2. The lowest BCUT2D eigenvalue weighted by molar-refractivity contribution is 0.607. The number of nitrogen functional groups attached to an aromatic ring is 1. The molecular weight excluding hydrogens is 280 g/mol. The molecule has 0 saturated carbocycles. The van der Waals surface area contributed by atoms with Gasteiger partial charge in [-0.05, 0) is 11.4 Å². The Morgan fingerprint density at radius 2 is 2.15 bits per heavy atom. The number of thiophene rings is 1. The number of aromatic nitrogens is 4. The Bertz CT molecular complexity index is 880. The van der Waals surface area contributed by atoms with E-state index in [2.05, 4.69) is 20.5 Å². The minimum atomic E-state index is -0.362. The van der Waals surface area contributed by atoms with Gasteiger partial charge >= 0.3 is 0 Å². The van der Waals surface area contributed by atoms with Crippen LogP contribution in [0.25, 0.3) is 10.2 Å². The summed E-state index contributed by atoms with van der Waals surface area (Å²) >= 11 is 1.44. The third-order valence-corrected chi connectivity index (χ3v) is 3.50. The quantitative estimate of drug-likeness (QED) is 0.457. The number of nitrogens with two attached hydrogens (primary N) is 1. The first-order chi connectivity index (χ1) is 9.67. The Balaban J connectivity index is 2.08. The van der Waals surface area contributed by atoms with Crippen LogP contribution in [-0.4, -0.2) is 19.7 Å². The summed E-state index contributed by atoms with van der Waals surface area (Å²) in [7, 11) is 0. The molecular formula is C11H10N6O2S. The zero-order valence-corrected chi connectivity index (χ0v) is 11.0. The predicted molar refractivity (Wildman–Crippen MR) is 75.6 cm³/mol. The van der Waals surface area contributed by atoms with Crippen molar-refractivity contribution >= 4 is 27.4 Å². The smallest absolute Gasteiger partial charge is 0.265 e. The van der Waals surface area contributed by atoms with Crippen molar-refractivity contribution in [3.8, 4) is 0 Å². The van der Waals surface area contributed by atoms with Crippen LogP contribution in [0.3, 0.4) is 0 Å². The molecule has 4 N–H and O–H groups in total. The molecule has 0 unspecified atom stereocenters. The number of nitrogens with zero attached hydrogens (tertiary/aromatic N) is 3. The van der Waals surface area contributed by atoms with Gasteiger partial charge in [-0.15, -0.1) is 11.3 Å². The lowest BCUT2D eigenvalue weighted by atomic mass is 10.4. The Morgan fingerprint density at radius 3 is 2.95 bits per heavy atom. The Kier molecular flexibility index (Phi) is 3.05. The van der Waals surface area contributed by atoms with Gasteiger partial charge < -0.3 is 5.43 Å². The molecule has 3 heterocycles. The van der Waals surface area contributed by atoms with Crippen molar-refractivity contribution in [1.82, 2.24) is 19.7 Å². The van der Waals surface area contributed by atoms with E-state index in [0.29, 0.717) is 11.6 Å². The summed E-state index contributed by atoms with van der Waals surface area (Å²) in [4.78, 5) is 32.2. The Labute approximate surface area is 115 Å². The number of aromatic amines is 1. The van der Waals surface area contributed by atoms with Crippen molar-refractivity contribution in [2.45, 2.75) is 6.54 Å². The van der Waals surface area contributed by atoms with E-state index >= 15 is 0 Å². The van der Waals surface area contributed by atoms with Gasteiger partial charge in [0.25, 0.3) is 11.1 Å². The zero-order chi connectivity index (χ0) is 14.1. The maximum absolute atomic E-state index is 11.6. The molecule has 3 rings (SSSR count). The second-order valence-corrected chi connectivity index (χ2v) is 4.90. The lowest BCUT2D eigenvalue weighted by Crippen LogP contribution is -2.29. The topological polar surface area (TPSA) is 119 Å². The standard InChI is InChI=1S/C11H10N6O2S/c12-15-10-6-3-4-20-11(6)14-7(13-10)5-17-9(19)2-1-8(18)16-17/h1-4H,5,12H2,(H,16,18)(H,13,14,15). The molecule has 0 aliphatic heterocycles. The largest absolute Gasteiger partial charge is 0.308 e. The summed E-state index contributed by atoms with van der Waals surface area (Å²) < 4.78 is 1.15. The van der Waals surface area contributed by atoms with Crippen LogP contribution in [0.2, 0.25) is 0 Å². The highest BCUT2D eigenvalue weighted by molar-refractivity contribution is 7.16. The number of rotatable bonds is 3. The van der Waals surface area contributed by atoms with Gasteiger partial charge in [-0.25, -0.2) is 20.5 Å². The summed E-state index contributed by atoms with van der Waals surface area (Å²) in [5.41, 5.74) is 1.81. The van der Waals surface area contributed by atoms with Gasteiger partial charge in [0.15, 0.2) is 11.6 Å². The van der Waals surface area contributed by atoms with Crippen molar-refractivity contribution < 1.29 is 0 Å². The van der Waals surface area contributed by atoms with E-state index in [1.54, 1.807) is 0 Å². The van der Waals surface area contributed by atoms with Gasteiger partial charge in [-0.2, -0.15) is 0 Å². The minimum Gasteiger partial charge on any atom is -0.308 e. The van der Waals surface area contributed by atoms with Crippen LogP contribution in [-0.2, 0) is 6.54 Å². The molecule has 9 heteroatoms. The van der Waals surface area contributed by atoms with E-state index in [4.69, 9.17) is 5.84 Å². The summed E-state index contributed by atoms with van der Waals surface area (Å²) in [6.45, 7) is 0.0669.